The molecule has 6 atom stereocenters. The standard InChI is InChI=1S/C17H14BrNO2/c18-8-2-1-3-9(6-8)19-16(20)14-10-4-5-11(13-7-12(10)13)15(14)17(19)21/h1-6,10-15H,7H2. The van der Waals surface area contributed by atoms with Gasteiger partial charge in [0.2, 0.25) is 11.8 Å². The quantitative estimate of drug-likeness (QED) is 0.580. The number of imide groups is 1. The molecule has 0 radical (unpaired) electrons. The molecule has 2 saturated carbocycles. The summed E-state index contributed by atoms with van der Waals surface area (Å²) in [5.74, 6) is 1.67. The average Bonchev–Trinajstić information content (AvgIpc) is 3.24. The molecule has 0 aromatic heterocycles. The van der Waals surface area contributed by atoms with Crippen molar-refractivity contribution in [1.29, 1.82) is 0 Å². The Balaban J connectivity index is 1.60. The second-order valence-corrected chi connectivity index (χ2v) is 7.56. The highest BCUT2D eigenvalue weighted by atomic mass is 79.9. The summed E-state index contributed by atoms with van der Waals surface area (Å²) in [5.41, 5.74) is 0.696. The van der Waals surface area contributed by atoms with Crippen molar-refractivity contribution in [2.24, 2.45) is 35.5 Å². The van der Waals surface area contributed by atoms with Crippen LogP contribution in [0.15, 0.2) is 40.9 Å². The van der Waals surface area contributed by atoms with E-state index < -0.39 is 0 Å². The van der Waals surface area contributed by atoms with Crippen molar-refractivity contribution < 1.29 is 9.59 Å². The Morgan fingerprint density at radius 1 is 1.00 bits per heavy atom. The van der Waals surface area contributed by atoms with Gasteiger partial charge >= 0.3 is 0 Å². The first-order valence-corrected chi connectivity index (χ1v) is 8.28. The number of hydrogen-bond donors (Lipinski definition) is 0. The van der Waals surface area contributed by atoms with E-state index in [4.69, 9.17) is 0 Å². The number of hydrogen-bond acceptors (Lipinski definition) is 2. The molecule has 5 aliphatic rings. The molecule has 3 fully saturated rings. The molecule has 1 saturated heterocycles. The summed E-state index contributed by atoms with van der Waals surface area (Å²) >= 11 is 3.42. The van der Waals surface area contributed by atoms with Gasteiger partial charge in [-0.15, -0.1) is 0 Å². The maximum Gasteiger partial charge on any atom is 0.238 e. The predicted octanol–water partition coefficient (Wildman–Crippen LogP) is 3.01. The molecule has 1 heterocycles. The van der Waals surface area contributed by atoms with E-state index in [1.165, 1.54) is 11.3 Å². The molecule has 4 aliphatic carbocycles. The van der Waals surface area contributed by atoms with E-state index in [1.54, 1.807) is 0 Å². The Morgan fingerprint density at radius 2 is 1.62 bits per heavy atom. The average molecular weight is 344 g/mol. The SMILES string of the molecule is O=C1C2C3C=CC(C4CC34)C2C(=O)N1c1cccc(Br)c1. The second-order valence-electron chi connectivity index (χ2n) is 6.65. The van der Waals surface area contributed by atoms with Crippen molar-refractivity contribution in [1.82, 2.24) is 0 Å². The Kier molecular flexibility index (Phi) is 2.23. The largest absolute Gasteiger partial charge is 0.274 e. The highest BCUT2D eigenvalue weighted by Gasteiger charge is 2.67. The van der Waals surface area contributed by atoms with Crippen molar-refractivity contribution in [3.63, 3.8) is 0 Å². The van der Waals surface area contributed by atoms with Crippen LogP contribution in [-0.2, 0) is 9.59 Å². The van der Waals surface area contributed by atoms with Gasteiger partial charge in [0.05, 0.1) is 17.5 Å². The van der Waals surface area contributed by atoms with Crippen molar-refractivity contribution in [3.05, 3.63) is 40.9 Å². The van der Waals surface area contributed by atoms with Gasteiger partial charge < -0.3 is 0 Å². The summed E-state index contributed by atoms with van der Waals surface area (Å²) in [6.45, 7) is 0. The summed E-state index contributed by atoms with van der Waals surface area (Å²) in [6, 6.07) is 7.46. The molecule has 1 aliphatic heterocycles. The maximum atomic E-state index is 12.9. The Morgan fingerprint density at radius 3 is 2.19 bits per heavy atom. The van der Waals surface area contributed by atoms with Crippen LogP contribution >= 0.6 is 15.9 Å². The van der Waals surface area contributed by atoms with Crippen LogP contribution < -0.4 is 4.90 Å². The lowest BCUT2D eigenvalue weighted by Crippen LogP contribution is -2.40. The zero-order valence-electron chi connectivity index (χ0n) is 11.3. The normalized spacial score (nSPS) is 42.2. The highest BCUT2D eigenvalue weighted by Crippen LogP contribution is 2.65. The number of amides is 2. The van der Waals surface area contributed by atoms with Gasteiger partial charge in [0.1, 0.15) is 0 Å². The molecular weight excluding hydrogens is 330 g/mol. The van der Waals surface area contributed by atoms with Crippen LogP contribution in [0.25, 0.3) is 0 Å². The van der Waals surface area contributed by atoms with Crippen LogP contribution in [0, 0.1) is 35.5 Å². The fraction of sp³-hybridized carbons (Fsp3) is 0.412. The van der Waals surface area contributed by atoms with E-state index in [1.807, 2.05) is 24.3 Å². The van der Waals surface area contributed by atoms with Crippen LogP contribution in [0.1, 0.15) is 6.42 Å². The fourth-order valence-corrected chi connectivity index (χ4v) is 5.21. The molecule has 6 unspecified atom stereocenters. The van der Waals surface area contributed by atoms with Gasteiger partial charge in [-0.1, -0.05) is 34.1 Å². The van der Waals surface area contributed by atoms with Crippen molar-refractivity contribution >= 4 is 33.4 Å². The molecule has 1 aromatic rings. The molecule has 21 heavy (non-hydrogen) atoms. The molecule has 6 rings (SSSR count). The van der Waals surface area contributed by atoms with Crippen LogP contribution in [0.5, 0.6) is 0 Å². The van der Waals surface area contributed by atoms with E-state index in [0.29, 0.717) is 29.4 Å². The smallest absolute Gasteiger partial charge is 0.238 e. The van der Waals surface area contributed by atoms with E-state index in [2.05, 4.69) is 28.1 Å². The van der Waals surface area contributed by atoms with Gasteiger partial charge in [0, 0.05) is 4.47 Å². The zero-order valence-corrected chi connectivity index (χ0v) is 12.9. The number of allylic oxidation sites excluding steroid dienone is 2. The third kappa shape index (κ3) is 1.44. The lowest BCUT2D eigenvalue weighted by molar-refractivity contribution is -0.124. The van der Waals surface area contributed by atoms with Crippen LogP contribution in [0.2, 0.25) is 0 Å². The number of anilines is 1. The highest BCUT2D eigenvalue weighted by molar-refractivity contribution is 9.10. The summed E-state index contributed by atoms with van der Waals surface area (Å²) in [5, 5.41) is 0. The molecule has 4 heteroatoms. The first-order chi connectivity index (χ1) is 10.2. The molecule has 1 aromatic carbocycles. The minimum Gasteiger partial charge on any atom is -0.274 e. The number of nitrogens with zero attached hydrogens (tertiary/aromatic N) is 1. The van der Waals surface area contributed by atoms with Crippen LogP contribution in [0.3, 0.4) is 0 Å². The second kappa shape index (κ2) is 3.86. The van der Waals surface area contributed by atoms with Gasteiger partial charge in [0.25, 0.3) is 0 Å². The topological polar surface area (TPSA) is 37.4 Å². The third-order valence-corrected chi connectivity index (χ3v) is 6.22. The number of rotatable bonds is 1. The molecule has 0 spiro atoms. The molecule has 2 amide bonds. The molecule has 3 nitrogen and oxygen atoms in total. The minimum absolute atomic E-state index is 0.00722. The summed E-state index contributed by atoms with van der Waals surface area (Å²) in [7, 11) is 0. The number of halogens is 1. The molecule has 0 N–H and O–H groups in total. The first-order valence-electron chi connectivity index (χ1n) is 7.48. The minimum atomic E-state index is -0.116. The van der Waals surface area contributed by atoms with E-state index in [-0.39, 0.29) is 23.7 Å². The fourth-order valence-electron chi connectivity index (χ4n) is 4.83. The summed E-state index contributed by atoms with van der Waals surface area (Å²) in [4.78, 5) is 27.2. The number of carbonyl (C=O) groups excluding carboxylic acids is 2. The number of benzene rings is 1. The van der Waals surface area contributed by atoms with Gasteiger partial charge in [-0.3, -0.25) is 9.59 Å². The van der Waals surface area contributed by atoms with Crippen LogP contribution in [0.4, 0.5) is 5.69 Å². The first kappa shape index (κ1) is 12.2. The van der Waals surface area contributed by atoms with Gasteiger partial charge in [-0.05, 0) is 48.3 Å². The Hall–Kier alpha value is -1.42. The Labute approximate surface area is 131 Å². The van der Waals surface area contributed by atoms with E-state index in [9.17, 15) is 9.59 Å². The van der Waals surface area contributed by atoms with E-state index >= 15 is 0 Å². The van der Waals surface area contributed by atoms with Crippen LogP contribution in [-0.4, -0.2) is 11.8 Å². The van der Waals surface area contributed by atoms with Crippen molar-refractivity contribution in [2.45, 2.75) is 6.42 Å². The van der Waals surface area contributed by atoms with Gasteiger partial charge in [0.15, 0.2) is 0 Å². The lowest BCUT2D eigenvalue weighted by Gasteiger charge is -2.37. The monoisotopic (exact) mass is 343 g/mol. The lowest BCUT2D eigenvalue weighted by atomic mass is 9.63. The van der Waals surface area contributed by atoms with Crippen molar-refractivity contribution in [2.75, 3.05) is 4.90 Å². The van der Waals surface area contributed by atoms with Gasteiger partial charge in [-0.25, -0.2) is 4.90 Å². The summed E-state index contributed by atoms with van der Waals surface area (Å²) in [6.07, 6.45) is 5.61. The molecule has 106 valence electrons. The third-order valence-electron chi connectivity index (χ3n) is 5.73. The van der Waals surface area contributed by atoms with Gasteiger partial charge in [-0.2, -0.15) is 0 Å². The van der Waals surface area contributed by atoms with Crippen molar-refractivity contribution in [3.8, 4) is 0 Å². The molecule has 2 bridgehead atoms. The number of carbonyl (C=O) groups is 2. The zero-order chi connectivity index (χ0) is 14.3. The molecular formula is C17H14BrNO2. The van der Waals surface area contributed by atoms with E-state index in [0.717, 1.165) is 4.47 Å². The Bertz CT molecular complexity index is 676. The predicted molar refractivity (Wildman–Crippen MR) is 81.3 cm³/mol. The summed E-state index contributed by atoms with van der Waals surface area (Å²) < 4.78 is 0.888. The maximum absolute atomic E-state index is 12.9.